The summed E-state index contributed by atoms with van der Waals surface area (Å²) in [5.41, 5.74) is 5.44. The van der Waals surface area contributed by atoms with E-state index in [1.54, 1.807) is 24.5 Å². The van der Waals surface area contributed by atoms with Crippen LogP contribution in [0.3, 0.4) is 0 Å². The van der Waals surface area contributed by atoms with Gasteiger partial charge >= 0.3 is 6.03 Å². The van der Waals surface area contributed by atoms with E-state index < -0.39 is 17.5 Å². The monoisotopic (exact) mass is 373 g/mol. The molecule has 6 nitrogen and oxygen atoms in total. The quantitative estimate of drug-likeness (QED) is 0.696. The Kier molecular flexibility index (Phi) is 5.78. The Hall–Kier alpha value is -2.83. The van der Waals surface area contributed by atoms with Crippen molar-refractivity contribution < 1.29 is 18.4 Å². The molecular formula is C20H24FN3O3. The maximum atomic E-state index is 13.2. The number of furan rings is 1. The number of amides is 3. The van der Waals surface area contributed by atoms with Gasteiger partial charge in [-0.2, -0.15) is 0 Å². The van der Waals surface area contributed by atoms with Gasteiger partial charge in [0, 0.05) is 12.5 Å². The number of hydrogen-bond donors (Lipinski definition) is 3. The van der Waals surface area contributed by atoms with Crippen molar-refractivity contribution >= 4 is 11.9 Å². The number of primary amides is 1. The van der Waals surface area contributed by atoms with Gasteiger partial charge in [-0.1, -0.05) is 25.0 Å². The van der Waals surface area contributed by atoms with Crippen LogP contribution in [0, 0.1) is 5.82 Å². The first-order valence-electron chi connectivity index (χ1n) is 9.15. The molecule has 0 aliphatic heterocycles. The van der Waals surface area contributed by atoms with Crippen LogP contribution in [0.4, 0.5) is 9.18 Å². The van der Waals surface area contributed by atoms with Crippen molar-refractivity contribution in [1.82, 2.24) is 10.6 Å². The van der Waals surface area contributed by atoms with E-state index in [0.717, 1.165) is 24.2 Å². The summed E-state index contributed by atoms with van der Waals surface area (Å²) in [6.07, 6.45) is 5.03. The molecule has 1 aromatic heterocycles. The molecule has 144 valence electrons. The van der Waals surface area contributed by atoms with Crippen LogP contribution >= 0.6 is 0 Å². The minimum absolute atomic E-state index is 0.113. The second kappa shape index (κ2) is 8.24. The topological polar surface area (TPSA) is 97.4 Å². The van der Waals surface area contributed by atoms with Gasteiger partial charge in [0.05, 0.1) is 6.26 Å². The molecule has 1 saturated carbocycles. The molecule has 7 heteroatoms. The van der Waals surface area contributed by atoms with Gasteiger partial charge in [-0.25, -0.2) is 9.18 Å². The lowest BCUT2D eigenvalue weighted by atomic mass is 9.93. The highest BCUT2D eigenvalue weighted by molar-refractivity contribution is 5.90. The minimum atomic E-state index is -0.943. The van der Waals surface area contributed by atoms with Crippen LogP contribution in [-0.2, 0) is 4.79 Å². The number of hydrogen-bond acceptors (Lipinski definition) is 3. The summed E-state index contributed by atoms with van der Waals surface area (Å²) in [6.45, 7) is 0.365. The van der Waals surface area contributed by atoms with E-state index in [1.807, 2.05) is 6.07 Å². The second-order valence-electron chi connectivity index (χ2n) is 6.94. The molecule has 0 spiro atoms. The van der Waals surface area contributed by atoms with Crippen LogP contribution in [0.1, 0.15) is 49.3 Å². The zero-order valence-electron chi connectivity index (χ0n) is 15.0. The molecule has 0 radical (unpaired) electrons. The number of halogens is 1. The van der Waals surface area contributed by atoms with Crippen LogP contribution < -0.4 is 16.4 Å². The summed E-state index contributed by atoms with van der Waals surface area (Å²) in [4.78, 5) is 24.0. The molecule has 1 aliphatic carbocycles. The minimum Gasteiger partial charge on any atom is -0.469 e. The van der Waals surface area contributed by atoms with E-state index in [9.17, 15) is 14.0 Å². The number of nitrogens with two attached hydrogens (primary N) is 1. The summed E-state index contributed by atoms with van der Waals surface area (Å²) in [6, 6.07) is 9.47. The number of urea groups is 1. The average Bonchev–Trinajstić information content (AvgIpc) is 3.32. The van der Waals surface area contributed by atoms with Gasteiger partial charge in [0.2, 0.25) is 5.91 Å². The molecule has 1 atom stereocenters. The molecule has 3 rings (SSSR count). The summed E-state index contributed by atoms with van der Waals surface area (Å²) < 4.78 is 18.7. The Bertz CT molecular complexity index is 768. The Morgan fingerprint density at radius 1 is 1.19 bits per heavy atom. The molecular weight excluding hydrogens is 349 g/mol. The molecule has 3 amide bonds. The first kappa shape index (κ1) is 18.9. The third-order valence-electron chi connectivity index (χ3n) is 5.16. The predicted molar refractivity (Wildman–Crippen MR) is 98.5 cm³/mol. The Labute approximate surface area is 157 Å². The maximum Gasteiger partial charge on any atom is 0.315 e. The van der Waals surface area contributed by atoms with E-state index >= 15 is 0 Å². The van der Waals surface area contributed by atoms with Crippen molar-refractivity contribution in [1.29, 1.82) is 0 Å². The largest absolute Gasteiger partial charge is 0.469 e. The van der Waals surface area contributed by atoms with Crippen LogP contribution in [0.2, 0.25) is 0 Å². The summed E-state index contributed by atoms with van der Waals surface area (Å²) in [7, 11) is 0. The van der Waals surface area contributed by atoms with Crippen molar-refractivity contribution in [2.45, 2.75) is 43.6 Å². The smallest absolute Gasteiger partial charge is 0.315 e. The molecule has 4 N–H and O–H groups in total. The fourth-order valence-corrected chi connectivity index (χ4v) is 3.66. The highest BCUT2D eigenvalue weighted by atomic mass is 19.1. The highest BCUT2D eigenvalue weighted by Crippen LogP contribution is 2.30. The fourth-order valence-electron chi connectivity index (χ4n) is 3.66. The molecule has 1 heterocycles. The molecule has 1 aliphatic rings. The molecule has 1 unspecified atom stereocenters. The summed E-state index contributed by atoms with van der Waals surface area (Å²) in [5, 5.41) is 5.54. The molecule has 0 saturated heterocycles. The first-order chi connectivity index (χ1) is 13.0. The number of nitrogens with one attached hydrogen (secondary N) is 2. The van der Waals surface area contributed by atoms with Gasteiger partial charge in [0.1, 0.15) is 17.1 Å². The maximum absolute atomic E-state index is 13.2. The van der Waals surface area contributed by atoms with E-state index in [2.05, 4.69) is 10.6 Å². The molecule has 1 fully saturated rings. The lowest BCUT2D eigenvalue weighted by molar-refractivity contribution is -0.123. The summed E-state index contributed by atoms with van der Waals surface area (Å²) in [5.74, 6) is -0.164. The number of carbonyl (C=O) groups excluding carboxylic acids is 2. The van der Waals surface area contributed by atoms with Gasteiger partial charge in [0.15, 0.2) is 0 Å². The number of rotatable bonds is 7. The van der Waals surface area contributed by atoms with E-state index in [1.165, 1.54) is 12.1 Å². The lowest BCUT2D eigenvalue weighted by Gasteiger charge is -2.26. The number of carbonyl (C=O) groups is 2. The average molecular weight is 373 g/mol. The van der Waals surface area contributed by atoms with Gasteiger partial charge in [-0.15, -0.1) is 0 Å². The first-order valence-corrected chi connectivity index (χ1v) is 9.15. The summed E-state index contributed by atoms with van der Waals surface area (Å²) >= 11 is 0. The normalized spacial score (nSPS) is 16.6. The number of benzene rings is 1. The van der Waals surface area contributed by atoms with Gasteiger partial charge in [0.25, 0.3) is 0 Å². The molecule has 0 bridgehead atoms. The van der Waals surface area contributed by atoms with Gasteiger partial charge in [-0.05, 0) is 49.1 Å². The Balaban J connectivity index is 1.60. The second-order valence-corrected chi connectivity index (χ2v) is 6.94. The van der Waals surface area contributed by atoms with Crippen LogP contribution in [-0.4, -0.2) is 24.0 Å². The third kappa shape index (κ3) is 4.48. The van der Waals surface area contributed by atoms with Crippen molar-refractivity contribution in [3.05, 3.63) is 59.8 Å². The van der Waals surface area contributed by atoms with Gasteiger partial charge < -0.3 is 20.8 Å². The standard InChI is InChI=1S/C20H24FN3O3/c21-15-7-5-14(6-8-15)16(17-4-3-13-27-17)9-12-23-19(26)24-20(18(22)25)10-1-2-11-20/h3-8,13,16H,1-2,9-12H2,(H2,22,25)(H2,23,24,26). The van der Waals surface area contributed by atoms with Crippen LogP contribution in [0.5, 0.6) is 0 Å². The molecule has 1 aromatic carbocycles. The molecule has 27 heavy (non-hydrogen) atoms. The van der Waals surface area contributed by atoms with Crippen molar-refractivity contribution in [3.63, 3.8) is 0 Å². The van der Waals surface area contributed by atoms with Crippen molar-refractivity contribution in [2.75, 3.05) is 6.54 Å². The van der Waals surface area contributed by atoms with E-state index in [4.69, 9.17) is 10.2 Å². The predicted octanol–water partition coefficient (Wildman–Crippen LogP) is 3.04. The van der Waals surface area contributed by atoms with Crippen LogP contribution in [0.15, 0.2) is 47.1 Å². The zero-order valence-corrected chi connectivity index (χ0v) is 15.0. The fraction of sp³-hybridized carbons (Fsp3) is 0.400. The van der Waals surface area contributed by atoms with E-state index in [0.29, 0.717) is 25.8 Å². The Morgan fingerprint density at radius 2 is 1.89 bits per heavy atom. The third-order valence-corrected chi connectivity index (χ3v) is 5.16. The van der Waals surface area contributed by atoms with Crippen molar-refractivity contribution in [3.8, 4) is 0 Å². The Morgan fingerprint density at radius 3 is 2.48 bits per heavy atom. The highest BCUT2D eigenvalue weighted by Gasteiger charge is 2.40. The lowest BCUT2D eigenvalue weighted by Crippen LogP contribution is -2.58. The van der Waals surface area contributed by atoms with Crippen LogP contribution in [0.25, 0.3) is 0 Å². The van der Waals surface area contributed by atoms with Gasteiger partial charge in [-0.3, -0.25) is 4.79 Å². The SMILES string of the molecule is NC(=O)C1(NC(=O)NCCC(c2ccc(F)cc2)c2ccco2)CCCC1. The van der Waals surface area contributed by atoms with E-state index in [-0.39, 0.29) is 11.7 Å². The van der Waals surface area contributed by atoms with Crippen molar-refractivity contribution in [2.24, 2.45) is 5.73 Å². The zero-order chi connectivity index (χ0) is 19.3. The molecule has 2 aromatic rings.